The molecule has 2 aliphatic rings. The van der Waals surface area contributed by atoms with Gasteiger partial charge in [-0.05, 0) is 36.8 Å². The van der Waals surface area contributed by atoms with Crippen molar-refractivity contribution in [2.24, 2.45) is 0 Å². The number of rotatable bonds is 6. The van der Waals surface area contributed by atoms with Gasteiger partial charge in [0.15, 0.2) is 0 Å². The zero-order valence-electron chi connectivity index (χ0n) is 12.1. The van der Waals surface area contributed by atoms with Crippen LogP contribution in [0.1, 0.15) is 42.9 Å². The second kappa shape index (κ2) is 6.70. The Hall–Kier alpha value is -0.900. The van der Waals surface area contributed by atoms with E-state index in [1.165, 1.54) is 30.4 Å². The van der Waals surface area contributed by atoms with Gasteiger partial charge in [-0.2, -0.15) is 0 Å². The Morgan fingerprint density at radius 1 is 1.25 bits per heavy atom. The monoisotopic (exact) mass is 275 g/mol. The molecule has 1 aliphatic carbocycles. The average Bonchev–Trinajstić information content (AvgIpc) is 2.43. The molecular formula is C17H25NO2. The van der Waals surface area contributed by atoms with Crippen molar-refractivity contribution in [3.8, 4) is 0 Å². The number of benzene rings is 1. The van der Waals surface area contributed by atoms with Crippen LogP contribution >= 0.6 is 0 Å². The molecule has 1 N–H and O–H groups in total. The fourth-order valence-corrected chi connectivity index (χ4v) is 3.29. The van der Waals surface area contributed by atoms with Crippen LogP contribution in [0.5, 0.6) is 0 Å². The lowest BCUT2D eigenvalue weighted by Crippen LogP contribution is -2.44. The lowest BCUT2D eigenvalue weighted by atomic mass is 9.90. The van der Waals surface area contributed by atoms with Gasteiger partial charge in [-0.15, -0.1) is 0 Å². The van der Waals surface area contributed by atoms with Crippen LogP contribution in [0.25, 0.3) is 0 Å². The molecule has 1 saturated carbocycles. The molecule has 20 heavy (non-hydrogen) atoms. The smallest absolute Gasteiger partial charge is 0.0954 e. The van der Waals surface area contributed by atoms with Crippen LogP contribution in [0, 0.1) is 0 Å². The van der Waals surface area contributed by atoms with Crippen LogP contribution in [0.3, 0.4) is 0 Å². The summed E-state index contributed by atoms with van der Waals surface area (Å²) in [5, 5.41) is 9.09. The molecule has 1 aromatic carbocycles. The Kier molecular flexibility index (Phi) is 4.71. The van der Waals surface area contributed by atoms with Gasteiger partial charge in [-0.3, -0.25) is 4.90 Å². The number of nitrogens with zero attached hydrogens (tertiary/aromatic N) is 1. The largest absolute Gasteiger partial charge is 0.396 e. The molecule has 1 unspecified atom stereocenters. The van der Waals surface area contributed by atoms with Gasteiger partial charge in [0.25, 0.3) is 0 Å². The summed E-state index contributed by atoms with van der Waals surface area (Å²) >= 11 is 0. The fourth-order valence-electron chi connectivity index (χ4n) is 3.29. The van der Waals surface area contributed by atoms with Gasteiger partial charge >= 0.3 is 0 Å². The SMILES string of the molecule is OCCCN(CC1OCCc2ccccc21)C1CCC1. The minimum Gasteiger partial charge on any atom is -0.396 e. The van der Waals surface area contributed by atoms with Crippen LogP contribution in [0.15, 0.2) is 24.3 Å². The third kappa shape index (κ3) is 3.05. The van der Waals surface area contributed by atoms with Gasteiger partial charge in [0.05, 0.1) is 12.7 Å². The first-order valence-corrected chi connectivity index (χ1v) is 7.93. The first kappa shape index (κ1) is 14.1. The Balaban J connectivity index is 1.68. The molecule has 0 bridgehead atoms. The molecule has 1 atom stereocenters. The Morgan fingerprint density at radius 2 is 2.10 bits per heavy atom. The molecule has 0 saturated heterocycles. The summed E-state index contributed by atoms with van der Waals surface area (Å²) in [5.74, 6) is 0. The minimum absolute atomic E-state index is 0.208. The lowest BCUT2D eigenvalue weighted by Gasteiger charge is -2.40. The van der Waals surface area contributed by atoms with E-state index in [0.29, 0.717) is 6.04 Å². The highest BCUT2D eigenvalue weighted by atomic mass is 16.5. The van der Waals surface area contributed by atoms with Crippen molar-refractivity contribution in [1.82, 2.24) is 4.90 Å². The summed E-state index contributed by atoms with van der Waals surface area (Å²) in [6.07, 6.45) is 6.07. The third-order valence-corrected chi connectivity index (χ3v) is 4.69. The summed E-state index contributed by atoms with van der Waals surface area (Å²) in [6.45, 7) is 3.08. The normalized spacial score (nSPS) is 22.6. The maximum atomic E-state index is 9.09. The van der Waals surface area contributed by atoms with Crippen molar-refractivity contribution in [1.29, 1.82) is 0 Å². The van der Waals surface area contributed by atoms with E-state index < -0.39 is 0 Å². The van der Waals surface area contributed by atoms with E-state index in [1.54, 1.807) is 0 Å². The van der Waals surface area contributed by atoms with Crippen molar-refractivity contribution in [2.45, 2.75) is 44.2 Å². The number of fused-ring (bicyclic) bond motifs is 1. The standard InChI is InChI=1S/C17H25NO2/c19-11-4-10-18(15-6-3-7-15)13-17-16-8-2-1-5-14(16)9-12-20-17/h1-2,5,8,15,17,19H,3-4,6-7,9-13H2. The van der Waals surface area contributed by atoms with Gasteiger partial charge in [-0.1, -0.05) is 30.7 Å². The van der Waals surface area contributed by atoms with Crippen molar-refractivity contribution in [3.05, 3.63) is 35.4 Å². The van der Waals surface area contributed by atoms with Gasteiger partial charge in [0, 0.05) is 25.7 Å². The third-order valence-electron chi connectivity index (χ3n) is 4.69. The number of hydrogen-bond donors (Lipinski definition) is 1. The molecule has 0 amide bonds. The molecular weight excluding hydrogens is 250 g/mol. The zero-order chi connectivity index (χ0) is 13.8. The average molecular weight is 275 g/mol. The van der Waals surface area contributed by atoms with Crippen LogP contribution in [-0.2, 0) is 11.2 Å². The summed E-state index contributed by atoms with van der Waals surface area (Å²) in [7, 11) is 0. The predicted octanol–water partition coefficient (Wildman–Crippen LogP) is 2.54. The Bertz CT molecular complexity index is 431. The second-order valence-electron chi connectivity index (χ2n) is 5.97. The minimum atomic E-state index is 0.208. The number of aliphatic hydroxyl groups excluding tert-OH is 1. The van der Waals surface area contributed by atoms with Gasteiger partial charge in [0.1, 0.15) is 0 Å². The summed E-state index contributed by atoms with van der Waals surface area (Å²) in [4.78, 5) is 2.53. The van der Waals surface area contributed by atoms with Crippen LogP contribution in [0.4, 0.5) is 0 Å². The number of ether oxygens (including phenoxy) is 1. The van der Waals surface area contributed by atoms with E-state index >= 15 is 0 Å². The van der Waals surface area contributed by atoms with Gasteiger partial charge < -0.3 is 9.84 Å². The molecule has 1 aromatic rings. The number of aliphatic hydroxyl groups is 1. The highest BCUT2D eigenvalue weighted by molar-refractivity contribution is 5.31. The molecule has 0 spiro atoms. The fraction of sp³-hybridized carbons (Fsp3) is 0.647. The summed E-state index contributed by atoms with van der Waals surface area (Å²) < 4.78 is 6.03. The van der Waals surface area contributed by atoms with Crippen LogP contribution < -0.4 is 0 Å². The van der Waals surface area contributed by atoms with Crippen molar-refractivity contribution in [3.63, 3.8) is 0 Å². The Morgan fingerprint density at radius 3 is 2.85 bits per heavy atom. The van der Waals surface area contributed by atoms with Crippen molar-refractivity contribution >= 4 is 0 Å². The summed E-state index contributed by atoms with van der Waals surface area (Å²) in [6, 6.07) is 9.38. The highest BCUT2D eigenvalue weighted by Gasteiger charge is 2.29. The van der Waals surface area contributed by atoms with E-state index in [2.05, 4.69) is 29.2 Å². The molecule has 0 aromatic heterocycles. The first-order chi connectivity index (χ1) is 9.88. The second-order valence-corrected chi connectivity index (χ2v) is 5.97. The topological polar surface area (TPSA) is 32.7 Å². The van der Waals surface area contributed by atoms with E-state index in [9.17, 15) is 0 Å². The maximum Gasteiger partial charge on any atom is 0.0954 e. The van der Waals surface area contributed by atoms with E-state index in [-0.39, 0.29) is 12.7 Å². The van der Waals surface area contributed by atoms with Crippen LogP contribution in [-0.4, -0.2) is 42.4 Å². The molecule has 1 aliphatic heterocycles. The van der Waals surface area contributed by atoms with Crippen molar-refractivity contribution < 1.29 is 9.84 Å². The van der Waals surface area contributed by atoms with Gasteiger partial charge in [-0.25, -0.2) is 0 Å². The molecule has 3 heteroatoms. The zero-order valence-corrected chi connectivity index (χ0v) is 12.1. The van der Waals surface area contributed by atoms with E-state index in [4.69, 9.17) is 9.84 Å². The maximum absolute atomic E-state index is 9.09. The highest BCUT2D eigenvalue weighted by Crippen LogP contribution is 2.31. The van der Waals surface area contributed by atoms with Gasteiger partial charge in [0.2, 0.25) is 0 Å². The predicted molar refractivity (Wildman–Crippen MR) is 79.8 cm³/mol. The molecule has 110 valence electrons. The first-order valence-electron chi connectivity index (χ1n) is 7.93. The van der Waals surface area contributed by atoms with Crippen LogP contribution in [0.2, 0.25) is 0 Å². The molecule has 0 radical (unpaired) electrons. The molecule has 3 rings (SSSR count). The molecule has 1 fully saturated rings. The summed E-state index contributed by atoms with van der Waals surface area (Å²) in [5.41, 5.74) is 2.81. The quantitative estimate of drug-likeness (QED) is 0.866. The Labute approximate surface area is 121 Å². The lowest BCUT2D eigenvalue weighted by molar-refractivity contribution is -0.00607. The molecule has 1 heterocycles. The van der Waals surface area contributed by atoms with E-state index in [0.717, 1.165) is 32.5 Å². The van der Waals surface area contributed by atoms with Crippen molar-refractivity contribution in [2.75, 3.05) is 26.3 Å². The number of hydrogen-bond acceptors (Lipinski definition) is 3. The van der Waals surface area contributed by atoms with E-state index in [1.807, 2.05) is 0 Å². The molecule has 3 nitrogen and oxygen atoms in total.